The van der Waals surface area contributed by atoms with Crippen LogP contribution in [0.15, 0.2) is 28.1 Å². The van der Waals surface area contributed by atoms with Crippen LogP contribution in [0.3, 0.4) is 0 Å². The van der Waals surface area contributed by atoms with Crippen molar-refractivity contribution in [3.63, 3.8) is 0 Å². The SMILES string of the molecule is O=C1N=C(N2CCCCC2)S/C1=C\c1cccc(F)c1F. The second-order valence-corrected chi connectivity index (χ2v) is 6.01. The number of piperidine rings is 1. The fourth-order valence-electron chi connectivity index (χ4n) is 2.39. The van der Waals surface area contributed by atoms with Crippen LogP contribution in [0, 0.1) is 11.6 Å². The monoisotopic (exact) mass is 308 g/mol. The van der Waals surface area contributed by atoms with Crippen LogP contribution in [-0.4, -0.2) is 29.1 Å². The molecular weight excluding hydrogens is 294 g/mol. The molecule has 0 atom stereocenters. The standard InChI is InChI=1S/C15H14F2N2OS/c16-11-6-4-5-10(13(11)17)9-12-14(20)18-15(21-12)19-7-2-1-3-8-19/h4-6,9H,1-3,7-8H2/b12-9-. The van der Waals surface area contributed by atoms with E-state index in [0.717, 1.165) is 32.0 Å². The molecule has 0 aliphatic carbocycles. The van der Waals surface area contributed by atoms with Crippen molar-refractivity contribution in [1.29, 1.82) is 0 Å². The Morgan fingerprint density at radius 1 is 1.19 bits per heavy atom. The maximum absolute atomic E-state index is 13.6. The van der Waals surface area contributed by atoms with Crippen LogP contribution in [0.4, 0.5) is 8.78 Å². The highest BCUT2D eigenvalue weighted by Gasteiger charge is 2.27. The number of halogens is 2. The molecule has 0 unspecified atom stereocenters. The Labute approximate surface area is 125 Å². The Morgan fingerprint density at radius 2 is 1.95 bits per heavy atom. The van der Waals surface area contributed by atoms with Crippen molar-refractivity contribution >= 4 is 28.9 Å². The first-order valence-electron chi connectivity index (χ1n) is 6.86. The molecule has 1 aromatic carbocycles. The molecular formula is C15H14F2N2OS. The van der Waals surface area contributed by atoms with Crippen molar-refractivity contribution in [3.05, 3.63) is 40.3 Å². The molecule has 3 rings (SSSR count). The largest absolute Gasteiger partial charge is 0.351 e. The average molecular weight is 308 g/mol. The Kier molecular flexibility index (Phi) is 4.05. The molecule has 0 aromatic heterocycles. The zero-order chi connectivity index (χ0) is 14.8. The zero-order valence-corrected chi connectivity index (χ0v) is 12.1. The molecule has 1 fully saturated rings. The van der Waals surface area contributed by atoms with E-state index in [0.29, 0.717) is 10.1 Å². The topological polar surface area (TPSA) is 32.7 Å². The quantitative estimate of drug-likeness (QED) is 0.745. The van der Waals surface area contributed by atoms with Crippen molar-refractivity contribution in [2.45, 2.75) is 19.3 Å². The van der Waals surface area contributed by atoms with Gasteiger partial charge < -0.3 is 4.90 Å². The van der Waals surface area contributed by atoms with E-state index in [-0.39, 0.29) is 11.5 Å². The van der Waals surface area contributed by atoms with Gasteiger partial charge in [0, 0.05) is 18.7 Å². The highest BCUT2D eigenvalue weighted by atomic mass is 32.2. The van der Waals surface area contributed by atoms with Gasteiger partial charge in [-0.05, 0) is 43.2 Å². The summed E-state index contributed by atoms with van der Waals surface area (Å²) in [5.74, 6) is -2.24. The molecule has 1 aromatic rings. The fraction of sp³-hybridized carbons (Fsp3) is 0.333. The van der Waals surface area contributed by atoms with Gasteiger partial charge in [0.1, 0.15) is 0 Å². The van der Waals surface area contributed by atoms with Gasteiger partial charge in [-0.3, -0.25) is 4.79 Å². The molecule has 0 bridgehead atoms. The summed E-state index contributed by atoms with van der Waals surface area (Å²) in [6.45, 7) is 1.78. The zero-order valence-electron chi connectivity index (χ0n) is 11.3. The number of rotatable bonds is 1. The number of aliphatic imine (C=N–C) groups is 1. The summed E-state index contributed by atoms with van der Waals surface area (Å²) in [7, 11) is 0. The van der Waals surface area contributed by atoms with Gasteiger partial charge in [-0.15, -0.1) is 0 Å². The number of amides is 1. The number of hydrogen-bond donors (Lipinski definition) is 0. The molecule has 0 N–H and O–H groups in total. The van der Waals surface area contributed by atoms with Gasteiger partial charge in [0.05, 0.1) is 4.91 Å². The molecule has 2 heterocycles. The Morgan fingerprint density at radius 3 is 2.71 bits per heavy atom. The molecule has 0 spiro atoms. The molecule has 21 heavy (non-hydrogen) atoms. The van der Waals surface area contributed by atoms with E-state index < -0.39 is 11.6 Å². The summed E-state index contributed by atoms with van der Waals surface area (Å²) in [5, 5.41) is 0.669. The number of hydrogen-bond acceptors (Lipinski definition) is 3. The van der Waals surface area contributed by atoms with Crippen LogP contribution in [-0.2, 0) is 4.79 Å². The first kappa shape index (κ1) is 14.3. The molecule has 3 nitrogen and oxygen atoms in total. The van der Waals surface area contributed by atoms with E-state index in [2.05, 4.69) is 9.89 Å². The number of carbonyl (C=O) groups excluding carboxylic acids is 1. The van der Waals surface area contributed by atoms with Gasteiger partial charge >= 0.3 is 0 Å². The lowest BCUT2D eigenvalue weighted by Crippen LogP contribution is -2.33. The smallest absolute Gasteiger partial charge is 0.286 e. The van der Waals surface area contributed by atoms with E-state index in [9.17, 15) is 13.6 Å². The third-order valence-corrected chi connectivity index (χ3v) is 4.55. The fourth-order valence-corrected chi connectivity index (χ4v) is 3.35. The first-order valence-corrected chi connectivity index (χ1v) is 7.68. The third-order valence-electron chi connectivity index (χ3n) is 3.50. The van der Waals surface area contributed by atoms with Crippen LogP contribution in [0.1, 0.15) is 24.8 Å². The molecule has 1 amide bonds. The number of amidine groups is 1. The summed E-state index contributed by atoms with van der Waals surface area (Å²) >= 11 is 1.23. The van der Waals surface area contributed by atoms with Gasteiger partial charge in [-0.25, -0.2) is 8.78 Å². The van der Waals surface area contributed by atoms with Crippen molar-refractivity contribution in [1.82, 2.24) is 4.90 Å². The highest BCUT2D eigenvalue weighted by molar-refractivity contribution is 8.18. The van der Waals surface area contributed by atoms with Crippen molar-refractivity contribution in [3.8, 4) is 0 Å². The predicted octanol–water partition coefficient (Wildman–Crippen LogP) is 3.42. The number of likely N-dealkylation sites (tertiary alicyclic amines) is 1. The van der Waals surface area contributed by atoms with E-state index in [1.165, 1.54) is 36.4 Å². The molecule has 110 valence electrons. The lowest BCUT2D eigenvalue weighted by Gasteiger charge is -2.27. The molecule has 1 saturated heterocycles. The van der Waals surface area contributed by atoms with Crippen LogP contribution in [0.2, 0.25) is 0 Å². The average Bonchev–Trinajstić information content (AvgIpc) is 2.86. The highest BCUT2D eigenvalue weighted by Crippen LogP contribution is 2.32. The summed E-state index contributed by atoms with van der Waals surface area (Å²) in [6.07, 6.45) is 4.74. The maximum atomic E-state index is 13.6. The summed E-state index contributed by atoms with van der Waals surface area (Å²) in [5.41, 5.74) is 0.0703. The van der Waals surface area contributed by atoms with Crippen LogP contribution in [0.25, 0.3) is 6.08 Å². The number of carbonyl (C=O) groups is 1. The Bertz CT molecular complexity index is 637. The van der Waals surface area contributed by atoms with Crippen molar-refractivity contribution < 1.29 is 13.6 Å². The first-order chi connectivity index (χ1) is 10.1. The van der Waals surface area contributed by atoms with Gasteiger partial charge in [0.2, 0.25) is 0 Å². The van der Waals surface area contributed by atoms with E-state index >= 15 is 0 Å². The van der Waals surface area contributed by atoms with Crippen LogP contribution >= 0.6 is 11.8 Å². The van der Waals surface area contributed by atoms with Crippen molar-refractivity contribution in [2.75, 3.05) is 13.1 Å². The molecule has 2 aliphatic heterocycles. The number of benzene rings is 1. The number of nitrogens with zero attached hydrogens (tertiary/aromatic N) is 2. The Hall–Kier alpha value is -1.69. The molecule has 0 saturated carbocycles. The van der Waals surface area contributed by atoms with E-state index in [1.807, 2.05) is 0 Å². The molecule has 2 aliphatic rings. The minimum Gasteiger partial charge on any atom is -0.351 e. The third kappa shape index (κ3) is 3.00. The predicted molar refractivity (Wildman–Crippen MR) is 79.8 cm³/mol. The Balaban J connectivity index is 1.80. The number of thioether (sulfide) groups is 1. The van der Waals surface area contributed by atoms with Gasteiger partial charge in [0.15, 0.2) is 16.8 Å². The van der Waals surface area contributed by atoms with Gasteiger partial charge in [0.25, 0.3) is 5.91 Å². The second kappa shape index (κ2) is 5.97. The molecule has 0 radical (unpaired) electrons. The maximum Gasteiger partial charge on any atom is 0.286 e. The summed E-state index contributed by atoms with van der Waals surface area (Å²) in [4.78, 5) is 18.3. The minimum absolute atomic E-state index is 0.0703. The van der Waals surface area contributed by atoms with E-state index in [1.54, 1.807) is 0 Å². The van der Waals surface area contributed by atoms with Gasteiger partial charge in [-0.2, -0.15) is 4.99 Å². The van der Waals surface area contributed by atoms with E-state index in [4.69, 9.17) is 0 Å². The normalized spacial score (nSPS) is 21.0. The lowest BCUT2D eigenvalue weighted by atomic mass is 10.1. The lowest BCUT2D eigenvalue weighted by molar-refractivity contribution is -0.113. The van der Waals surface area contributed by atoms with Crippen molar-refractivity contribution in [2.24, 2.45) is 4.99 Å². The molecule has 6 heteroatoms. The summed E-state index contributed by atoms with van der Waals surface area (Å²) in [6, 6.07) is 3.91. The minimum atomic E-state index is -0.940. The van der Waals surface area contributed by atoms with Crippen LogP contribution < -0.4 is 0 Å². The second-order valence-electron chi connectivity index (χ2n) is 5.00. The van der Waals surface area contributed by atoms with Crippen LogP contribution in [0.5, 0.6) is 0 Å². The van der Waals surface area contributed by atoms with Gasteiger partial charge in [-0.1, -0.05) is 12.1 Å². The summed E-state index contributed by atoms with van der Waals surface area (Å²) < 4.78 is 26.8.